The van der Waals surface area contributed by atoms with Gasteiger partial charge in [-0.1, -0.05) is 0 Å². The predicted octanol–water partition coefficient (Wildman–Crippen LogP) is 1.94. The van der Waals surface area contributed by atoms with E-state index in [-0.39, 0.29) is 24.1 Å². The Morgan fingerprint density at radius 3 is 2.90 bits per heavy atom. The van der Waals surface area contributed by atoms with Gasteiger partial charge in [-0.2, -0.15) is 0 Å². The lowest BCUT2D eigenvalue weighted by molar-refractivity contribution is 0.0642. The SMILES string of the molecule is COc1cc(C(=O)N2CCC3CNCC3C2)ccc1F.Cl. The molecule has 0 aromatic heterocycles. The molecule has 0 bridgehead atoms. The number of fused-ring (bicyclic) bond motifs is 1. The molecule has 2 aliphatic heterocycles. The van der Waals surface area contributed by atoms with Crippen LogP contribution in [0.4, 0.5) is 4.39 Å². The summed E-state index contributed by atoms with van der Waals surface area (Å²) in [6.07, 6.45) is 1.04. The van der Waals surface area contributed by atoms with Gasteiger partial charge < -0.3 is 15.0 Å². The monoisotopic (exact) mass is 314 g/mol. The van der Waals surface area contributed by atoms with Crippen LogP contribution in [0.2, 0.25) is 0 Å². The van der Waals surface area contributed by atoms with E-state index in [0.717, 1.165) is 32.6 Å². The third-order valence-corrected chi connectivity index (χ3v) is 4.39. The van der Waals surface area contributed by atoms with Crippen LogP contribution in [0.1, 0.15) is 16.8 Å². The first-order chi connectivity index (χ1) is 9.69. The van der Waals surface area contributed by atoms with Gasteiger partial charge in [-0.3, -0.25) is 4.79 Å². The van der Waals surface area contributed by atoms with Gasteiger partial charge >= 0.3 is 0 Å². The smallest absolute Gasteiger partial charge is 0.254 e. The molecule has 4 nitrogen and oxygen atoms in total. The molecule has 116 valence electrons. The summed E-state index contributed by atoms with van der Waals surface area (Å²) in [5, 5.41) is 3.38. The number of methoxy groups -OCH3 is 1. The van der Waals surface area contributed by atoms with E-state index < -0.39 is 5.82 Å². The lowest BCUT2D eigenvalue weighted by Crippen LogP contribution is -2.43. The number of ether oxygens (including phenoxy) is 1. The maximum absolute atomic E-state index is 13.4. The van der Waals surface area contributed by atoms with Crippen molar-refractivity contribution in [2.24, 2.45) is 11.8 Å². The number of rotatable bonds is 2. The molecule has 2 unspecified atom stereocenters. The van der Waals surface area contributed by atoms with Crippen molar-refractivity contribution < 1.29 is 13.9 Å². The minimum Gasteiger partial charge on any atom is -0.494 e. The van der Waals surface area contributed by atoms with E-state index in [9.17, 15) is 9.18 Å². The van der Waals surface area contributed by atoms with Crippen LogP contribution >= 0.6 is 12.4 Å². The molecule has 2 saturated heterocycles. The Hall–Kier alpha value is -1.33. The van der Waals surface area contributed by atoms with Gasteiger partial charge in [0.2, 0.25) is 0 Å². The highest BCUT2D eigenvalue weighted by Crippen LogP contribution is 2.28. The van der Waals surface area contributed by atoms with E-state index in [1.165, 1.54) is 25.3 Å². The van der Waals surface area contributed by atoms with Crippen molar-refractivity contribution in [1.29, 1.82) is 0 Å². The van der Waals surface area contributed by atoms with Gasteiger partial charge in [0.15, 0.2) is 11.6 Å². The van der Waals surface area contributed by atoms with Gasteiger partial charge in [-0.15, -0.1) is 12.4 Å². The first-order valence-electron chi connectivity index (χ1n) is 7.02. The Morgan fingerprint density at radius 1 is 1.38 bits per heavy atom. The van der Waals surface area contributed by atoms with Crippen LogP contribution in [-0.4, -0.2) is 44.1 Å². The summed E-state index contributed by atoms with van der Waals surface area (Å²) >= 11 is 0. The molecule has 2 heterocycles. The Balaban J connectivity index is 0.00000161. The predicted molar refractivity (Wildman–Crippen MR) is 80.6 cm³/mol. The molecule has 0 saturated carbocycles. The minimum absolute atomic E-state index is 0. The largest absolute Gasteiger partial charge is 0.494 e. The molecule has 1 aromatic rings. The summed E-state index contributed by atoms with van der Waals surface area (Å²) in [6.45, 7) is 3.62. The van der Waals surface area contributed by atoms with E-state index in [0.29, 0.717) is 17.4 Å². The van der Waals surface area contributed by atoms with E-state index in [1.54, 1.807) is 0 Å². The summed E-state index contributed by atoms with van der Waals surface area (Å²) in [7, 11) is 1.41. The zero-order valence-corrected chi connectivity index (χ0v) is 12.8. The Bertz CT molecular complexity index is 526. The number of carbonyl (C=O) groups excluding carboxylic acids is 1. The van der Waals surface area contributed by atoms with Gasteiger partial charge in [-0.05, 0) is 49.5 Å². The minimum atomic E-state index is -0.442. The van der Waals surface area contributed by atoms with E-state index in [2.05, 4.69) is 5.32 Å². The van der Waals surface area contributed by atoms with Crippen molar-refractivity contribution in [1.82, 2.24) is 10.2 Å². The van der Waals surface area contributed by atoms with Crippen molar-refractivity contribution >= 4 is 18.3 Å². The van der Waals surface area contributed by atoms with Crippen LogP contribution in [0.25, 0.3) is 0 Å². The second-order valence-corrected chi connectivity index (χ2v) is 5.57. The second-order valence-electron chi connectivity index (χ2n) is 5.57. The van der Waals surface area contributed by atoms with Gasteiger partial charge in [-0.25, -0.2) is 4.39 Å². The third-order valence-electron chi connectivity index (χ3n) is 4.39. The average Bonchev–Trinajstić information content (AvgIpc) is 2.94. The summed E-state index contributed by atoms with van der Waals surface area (Å²) in [5.41, 5.74) is 0.493. The molecule has 2 fully saturated rings. The molecule has 0 radical (unpaired) electrons. The number of likely N-dealkylation sites (tertiary alicyclic amines) is 1. The number of piperidine rings is 1. The maximum Gasteiger partial charge on any atom is 0.254 e. The first-order valence-corrected chi connectivity index (χ1v) is 7.02. The van der Waals surface area contributed by atoms with Gasteiger partial charge in [0, 0.05) is 18.7 Å². The highest BCUT2D eigenvalue weighted by Gasteiger charge is 2.34. The fraction of sp³-hybridized carbons (Fsp3) is 0.533. The van der Waals surface area contributed by atoms with Crippen molar-refractivity contribution in [3.8, 4) is 5.75 Å². The fourth-order valence-corrected chi connectivity index (χ4v) is 3.19. The molecule has 2 aliphatic rings. The number of hydrogen-bond donors (Lipinski definition) is 1. The topological polar surface area (TPSA) is 41.6 Å². The summed E-state index contributed by atoms with van der Waals surface area (Å²) in [6, 6.07) is 4.30. The number of nitrogens with zero attached hydrogens (tertiary/aromatic N) is 1. The quantitative estimate of drug-likeness (QED) is 0.907. The van der Waals surface area contributed by atoms with Crippen LogP contribution < -0.4 is 10.1 Å². The number of carbonyl (C=O) groups is 1. The molecule has 1 N–H and O–H groups in total. The molecule has 3 rings (SSSR count). The standard InChI is InChI=1S/C15H19FN2O2.ClH/c1-20-14-6-10(2-3-13(14)16)15(19)18-5-4-11-7-17-8-12(11)9-18;/h2-3,6,11-12,17H,4-5,7-9H2,1H3;1H. The summed E-state index contributed by atoms with van der Waals surface area (Å²) < 4.78 is 18.3. The molecule has 0 spiro atoms. The lowest BCUT2D eigenvalue weighted by Gasteiger charge is -2.34. The Morgan fingerprint density at radius 2 is 2.14 bits per heavy atom. The summed E-state index contributed by atoms with van der Waals surface area (Å²) in [4.78, 5) is 14.4. The van der Waals surface area contributed by atoms with Crippen LogP contribution in [-0.2, 0) is 0 Å². The molecule has 2 atom stereocenters. The zero-order chi connectivity index (χ0) is 14.1. The average molecular weight is 315 g/mol. The van der Waals surface area contributed by atoms with Crippen molar-refractivity contribution in [2.45, 2.75) is 6.42 Å². The van der Waals surface area contributed by atoms with Crippen LogP contribution in [0.3, 0.4) is 0 Å². The molecule has 6 heteroatoms. The Labute approximate surface area is 130 Å². The number of amides is 1. The molecule has 1 amide bonds. The zero-order valence-electron chi connectivity index (χ0n) is 12.0. The van der Waals surface area contributed by atoms with E-state index in [1.807, 2.05) is 4.90 Å². The lowest BCUT2D eigenvalue weighted by atomic mass is 9.88. The van der Waals surface area contributed by atoms with Crippen LogP contribution in [0, 0.1) is 17.7 Å². The van der Waals surface area contributed by atoms with Crippen molar-refractivity contribution in [3.63, 3.8) is 0 Å². The van der Waals surface area contributed by atoms with E-state index in [4.69, 9.17) is 4.74 Å². The van der Waals surface area contributed by atoms with E-state index >= 15 is 0 Å². The highest BCUT2D eigenvalue weighted by molar-refractivity contribution is 5.94. The number of halogens is 2. The second kappa shape index (κ2) is 6.62. The maximum atomic E-state index is 13.4. The van der Waals surface area contributed by atoms with Gasteiger partial charge in [0.25, 0.3) is 5.91 Å². The number of hydrogen-bond acceptors (Lipinski definition) is 3. The van der Waals surface area contributed by atoms with Crippen molar-refractivity contribution in [2.75, 3.05) is 33.3 Å². The molecular formula is C15H20ClFN2O2. The number of nitrogens with one attached hydrogen (secondary N) is 1. The van der Waals surface area contributed by atoms with Crippen molar-refractivity contribution in [3.05, 3.63) is 29.6 Å². The molecule has 21 heavy (non-hydrogen) atoms. The molecule has 0 aliphatic carbocycles. The Kier molecular flexibility index (Phi) is 5.06. The normalized spacial score (nSPS) is 24.2. The first kappa shape index (κ1) is 16.0. The van der Waals surface area contributed by atoms with Crippen LogP contribution in [0.15, 0.2) is 18.2 Å². The highest BCUT2D eigenvalue weighted by atomic mass is 35.5. The van der Waals surface area contributed by atoms with Gasteiger partial charge in [0.05, 0.1) is 7.11 Å². The fourth-order valence-electron chi connectivity index (χ4n) is 3.19. The molecule has 1 aromatic carbocycles. The summed E-state index contributed by atoms with van der Waals surface area (Å²) in [5.74, 6) is 0.890. The molecular weight excluding hydrogens is 295 g/mol. The van der Waals surface area contributed by atoms with Gasteiger partial charge in [0.1, 0.15) is 0 Å². The van der Waals surface area contributed by atoms with Crippen LogP contribution in [0.5, 0.6) is 5.75 Å². The third kappa shape index (κ3) is 3.14. The number of benzene rings is 1.